The first-order valence-electron chi connectivity index (χ1n) is 9.24. The highest BCUT2D eigenvalue weighted by Crippen LogP contribution is 2.24. The Bertz CT molecular complexity index is 1120. The van der Waals surface area contributed by atoms with Crippen molar-refractivity contribution >= 4 is 23.4 Å². The van der Waals surface area contributed by atoms with Crippen LogP contribution in [0.15, 0.2) is 66.2 Å². The van der Waals surface area contributed by atoms with Gasteiger partial charge in [0.1, 0.15) is 0 Å². The van der Waals surface area contributed by atoms with Crippen molar-refractivity contribution in [3.63, 3.8) is 0 Å². The first kappa shape index (κ1) is 18.6. The van der Waals surface area contributed by atoms with E-state index < -0.39 is 0 Å². The van der Waals surface area contributed by atoms with E-state index in [2.05, 4.69) is 30.9 Å². The number of aromatic nitrogens is 4. The molecule has 0 amide bonds. The number of nitrogens with zero attached hydrogens (tertiary/aromatic N) is 5. The number of aliphatic hydroxyl groups excluding tert-OH is 1. The quantitative estimate of drug-likeness (QED) is 0.333. The first-order valence-corrected chi connectivity index (χ1v) is 9.24. The molecule has 0 atom stereocenters. The van der Waals surface area contributed by atoms with Crippen molar-refractivity contribution in [3.8, 4) is 11.3 Å². The fraction of sp³-hybridized carbons (Fsp3) is 0.143. The summed E-state index contributed by atoms with van der Waals surface area (Å²) < 4.78 is 1.69. The lowest BCUT2D eigenvalue weighted by Crippen LogP contribution is -2.09. The van der Waals surface area contributed by atoms with Crippen molar-refractivity contribution in [1.82, 2.24) is 19.6 Å². The maximum Gasteiger partial charge on any atom is 0.177 e. The molecule has 0 fully saturated rings. The molecular weight excluding hydrogens is 366 g/mol. The average Bonchev–Trinajstić information content (AvgIpc) is 3.18. The van der Waals surface area contributed by atoms with Crippen molar-refractivity contribution in [1.29, 1.82) is 0 Å². The highest BCUT2D eigenvalue weighted by molar-refractivity contribution is 5.80. The molecule has 0 unspecified atom stereocenters. The number of hydrogen-bond acceptors (Lipinski definition) is 7. The Labute approximate surface area is 168 Å². The van der Waals surface area contributed by atoms with Gasteiger partial charge in [-0.15, -0.1) is 5.10 Å². The van der Waals surface area contributed by atoms with Gasteiger partial charge in [0.25, 0.3) is 0 Å². The van der Waals surface area contributed by atoms with Gasteiger partial charge in [0.15, 0.2) is 11.5 Å². The standard InChI is InChI=1S/C21H21N7O/c1-15-2-4-16(5-3-15)13-24-26-20-12-18(23-10-11-29)21-25-19(14-28(21)27-20)17-6-8-22-9-7-17/h2-9,12-14,23,29H,10-11H2,1H3,(H,26,27)/b24-13+. The lowest BCUT2D eigenvalue weighted by atomic mass is 10.2. The zero-order valence-corrected chi connectivity index (χ0v) is 15.9. The summed E-state index contributed by atoms with van der Waals surface area (Å²) in [5.74, 6) is 0.556. The van der Waals surface area contributed by atoms with E-state index in [1.54, 1.807) is 23.1 Å². The minimum absolute atomic E-state index is 0.0146. The van der Waals surface area contributed by atoms with Crippen LogP contribution in [0, 0.1) is 6.92 Å². The van der Waals surface area contributed by atoms with Gasteiger partial charge in [-0.2, -0.15) is 5.10 Å². The van der Waals surface area contributed by atoms with Crippen LogP contribution in [0.1, 0.15) is 11.1 Å². The van der Waals surface area contributed by atoms with Crippen LogP contribution >= 0.6 is 0 Å². The number of fused-ring (bicyclic) bond motifs is 1. The SMILES string of the molecule is Cc1ccc(/C=N/Nc2cc(NCCO)c3nc(-c4ccncc4)cn3n2)cc1. The van der Waals surface area contributed by atoms with E-state index >= 15 is 0 Å². The topological polar surface area (TPSA) is 99.7 Å². The van der Waals surface area contributed by atoms with Crippen molar-refractivity contribution in [3.05, 3.63) is 72.2 Å². The van der Waals surface area contributed by atoms with Crippen LogP contribution < -0.4 is 10.7 Å². The summed E-state index contributed by atoms with van der Waals surface area (Å²) in [6.45, 7) is 2.47. The zero-order valence-electron chi connectivity index (χ0n) is 15.9. The van der Waals surface area contributed by atoms with E-state index in [-0.39, 0.29) is 6.61 Å². The summed E-state index contributed by atoms with van der Waals surface area (Å²) in [5.41, 5.74) is 8.31. The van der Waals surface area contributed by atoms with E-state index in [1.807, 2.05) is 55.6 Å². The van der Waals surface area contributed by atoms with Gasteiger partial charge in [0.05, 0.1) is 30.4 Å². The zero-order chi connectivity index (χ0) is 20.1. The second-order valence-electron chi connectivity index (χ2n) is 6.50. The Morgan fingerprint density at radius 1 is 1.14 bits per heavy atom. The number of aliphatic hydroxyl groups is 1. The average molecular weight is 387 g/mol. The second kappa shape index (κ2) is 8.49. The Hall–Kier alpha value is -3.78. The largest absolute Gasteiger partial charge is 0.395 e. The molecule has 0 aliphatic heterocycles. The van der Waals surface area contributed by atoms with Crippen LogP contribution in [0.5, 0.6) is 0 Å². The summed E-state index contributed by atoms with van der Waals surface area (Å²) >= 11 is 0. The van der Waals surface area contributed by atoms with E-state index in [9.17, 15) is 5.11 Å². The van der Waals surface area contributed by atoms with Crippen molar-refractivity contribution in [2.75, 3.05) is 23.9 Å². The number of nitrogens with one attached hydrogen (secondary N) is 2. The normalized spacial score (nSPS) is 11.2. The van der Waals surface area contributed by atoms with Gasteiger partial charge in [-0.3, -0.25) is 10.4 Å². The molecule has 4 rings (SSSR count). The number of rotatable bonds is 7. The predicted molar refractivity (Wildman–Crippen MR) is 114 cm³/mol. The van der Waals surface area contributed by atoms with Crippen molar-refractivity contribution < 1.29 is 5.11 Å². The highest BCUT2D eigenvalue weighted by Gasteiger charge is 2.11. The van der Waals surface area contributed by atoms with Crippen LogP contribution in [0.3, 0.4) is 0 Å². The molecule has 8 nitrogen and oxygen atoms in total. The monoisotopic (exact) mass is 387 g/mol. The number of aryl methyl sites for hydroxylation is 1. The molecule has 0 aliphatic carbocycles. The van der Waals surface area contributed by atoms with Crippen LogP contribution in [0.2, 0.25) is 0 Å². The first-order chi connectivity index (χ1) is 14.2. The van der Waals surface area contributed by atoms with Crippen molar-refractivity contribution in [2.45, 2.75) is 6.92 Å². The fourth-order valence-corrected chi connectivity index (χ4v) is 2.84. The lowest BCUT2D eigenvalue weighted by Gasteiger charge is -2.08. The van der Waals surface area contributed by atoms with Crippen LogP contribution in [0.25, 0.3) is 16.9 Å². The van der Waals surface area contributed by atoms with Crippen LogP contribution in [-0.2, 0) is 0 Å². The molecule has 0 saturated carbocycles. The summed E-state index contributed by atoms with van der Waals surface area (Å²) in [6, 6.07) is 13.7. The maximum absolute atomic E-state index is 9.19. The number of imidazole rings is 1. The van der Waals surface area contributed by atoms with Gasteiger partial charge >= 0.3 is 0 Å². The highest BCUT2D eigenvalue weighted by atomic mass is 16.3. The molecule has 3 aromatic heterocycles. The van der Waals surface area contributed by atoms with E-state index in [0.717, 1.165) is 22.5 Å². The molecule has 0 radical (unpaired) electrons. The van der Waals surface area contributed by atoms with E-state index in [0.29, 0.717) is 18.0 Å². The van der Waals surface area contributed by atoms with Gasteiger partial charge in [0, 0.05) is 30.6 Å². The molecule has 3 heterocycles. The molecule has 0 spiro atoms. The van der Waals surface area contributed by atoms with Gasteiger partial charge in [-0.1, -0.05) is 29.8 Å². The maximum atomic E-state index is 9.19. The molecular formula is C21H21N7O. The third kappa shape index (κ3) is 4.39. The molecule has 0 aliphatic rings. The Kier molecular flexibility index (Phi) is 5.44. The van der Waals surface area contributed by atoms with E-state index in [4.69, 9.17) is 0 Å². The third-order valence-corrected chi connectivity index (χ3v) is 4.30. The smallest absolute Gasteiger partial charge is 0.177 e. The molecule has 0 saturated heterocycles. The molecule has 29 heavy (non-hydrogen) atoms. The van der Waals surface area contributed by atoms with Crippen LogP contribution in [0.4, 0.5) is 11.5 Å². The Morgan fingerprint density at radius 2 is 1.93 bits per heavy atom. The Morgan fingerprint density at radius 3 is 2.69 bits per heavy atom. The minimum Gasteiger partial charge on any atom is -0.395 e. The molecule has 8 heteroatoms. The number of hydrogen-bond donors (Lipinski definition) is 3. The molecule has 4 aromatic rings. The van der Waals surface area contributed by atoms with Gasteiger partial charge in [-0.25, -0.2) is 9.50 Å². The van der Waals surface area contributed by atoms with Crippen molar-refractivity contribution in [2.24, 2.45) is 5.10 Å². The van der Waals surface area contributed by atoms with Gasteiger partial charge < -0.3 is 10.4 Å². The van der Waals surface area contributed by atoms with Crippen LogP contribution in [-0.4, -0.2) is 44.1 Å². The molecule has 1 aromatic carbocycles. The molecule has 146 valence electrons. The van der Waals surface area contributed by atoms with E-state index in [1.165, 1.54) is 5.56 Å². The number of benzene rings is 1. The second-order valence-corrected chi connectivity index (χ2v) is 6.50. The minimum atomic E-state index is 0.0146. The summed E-state index contributed by atoms with van der Waals surface area (Å²) in [7, 11) is 0. The summed E-state index contributed by atoms with van der Waals surface area (Å²) in [6.07, 6.45) is 7.04. The fourth-order valence-electron chi connectivity index (χ4n) is 2.84. The summed E-state index contributed by atoms with van der Waals surface area (Å²) in [4.78, 5) is 8.72. The molecule has 0 bridgehead atoms. The van der Waals surface area contributed by atoms with Gasteiger partial charge in [0.2, 0.25) is 0 Å². The predicted octanol–water partition coefficient (Wildman–Crippen LogP) is 2.95. The number of pyridine rings is 1. The number of hydrazone groups is 1. The third-order valence-electron chi connectivity index (χ3n) is 4.30. The number of anilines is 2. The van der Waals surface area contributed by atoms with Gasteiger partial charge in [-0.05, 0) is 24.6 Å². The lowest BCUT2D eigenvalue weighted by molar-refractivity contribution is 0.311. The molecule has 3 N–H and O–H groups in total. The summed E-state index contributed by atoms with van der Waals surface area (Å²) in [5, 5.41) is 21.2. The Balaban J connectivity index is 1.64.